The van der Waals surface area contributed by atoms with Gasteiger partial charge in [-0.3, -0.25) is 19.2 Å². The first-order valence-electron chi connectivity index (χ1n) is 9.62. The quantitative estimate of drug-likeness (QED) is 0.257. The van der Waals surface area contributed by atoms with Crippen molar-refractivity contribution in [2.45, 2.75) is 67.2 Å². The number of ketones is 2. The average Bonchev–Trinajstić information content (AvgIpc) is 2.63. The topological polar surface area (TPSA) is 96.0 Å². The van der Waals surface area contributed by atoms with Gasteiger partial charge in [0.2, 0.25) is 0 Å². The molecule has 0 N–H and O–H groups in total. The Morgan fingerprint density at radius 3 is 1.11 bits per heavy atom. The number of hydrogen-bond donors (Lipinski definition) is 0. The van der Waals surface area contributed by atoms with Crippen LogP contribution >= 0.6 is 0 Å². The lowest BCUT2D eigenvalue weighted by molar-refractivity contribution is -0.162. The lowest BCUT2D eigenvalue weighted by atomic mass is 9.79. The van der Waals surface area contributed by atoms with Crippen LogP contribution in [-0.2, 0) is 33.4 Å². The summed E-state index contributed by atoms with van der Waals surface area (Å²) in [6, 6.07) is 0. The molecule has 0 aliphatic carbocycles. The molecule has 0 saturated carbocycles. The fraction of sp³-hybridized carbons (Fsp3) is 0.800. The fourth-order valence-electron chi connectivity index (χ4n) is 3.13. The highest BCUT2D eigenvalue weighted by atomic mass is 16.6. The Bertz CT molecular complexity index is 470. The van der Waals surface area contributed by atoms with Gasteiger partial charge in [-0.05, 0) is 39.5 Å². The molecule has 0 unspecified atom stereocenters. The molecule has 0 spiro atoms. The Morgan fingerprint density at radius 1 is 0.593 bits per heavy atom. The van der Waals surface area contributed by atoms with Crippen molar-refractivity contribution in [2.75, 3.05) is 26.4 Å². The number of esters is 2. The summed E-state index contributed by atoms with van der Waals surface area (Å²) in [6.07, 6.45) is 1.56. The van der Waals surface area contributed by atoms with Gasteiger partial charge in [0, 0.05) is 0 Å². The summed E-state index contributed by atoms with van der Waals surface area (Å²) < 4.78 is 15.6. The van der Waals surface area contributed by atoms with Crippen molar-refractivity contribution in [2.24, 2.45) is 10.8 Å². The molecule has 0 aromatic rings. The van der Waals surface area contributed by atoms with Gasteiger partial charge in [-0.15, -0.1) is 0 Å². The molecule has 0 aromatic heterocycles. The van der Waals surface area contributed by atoms with Crippen molar-refractivity contribution >= 4 is 23.5 Å². The predicted octanol–water partition coefficient (Wildman–Crippen LogP) is 2.88. The highest BCUT2D eigenvalue weighted by Crippen LogP contribution is 2.30. The van der Waals surface area contributed by atoms with Crippen molar-refractivity contribution in [1.29, 1.82) is 0 Å². The van der Waals surface area contributed by atoms with E-state index in [-0.39, 0.29) is 38.0 Å². The number of hydrogen-bond acceptors (Lipinski definition) is 7. The van der Waals surface area contributed by atoms with Gasteiger partial charge < -0.3 is 14.2 Å². The third-order valence-corrected chi connectivity index (χ3v) is 5.47. The summed E-state index contributed by atoms with van der Waals surface area (Å²) >= 11 is 0. The van der Waals surface area contributed by atoms with E-state index in [0.29, 0.717) is 25.7 Å². The summed E-state index contributed by atoms with van der Waals surface area (Å²) in [5.74, 6) is -1.48. The largest absolute Gasteiger partial charge is 0.462 e. The van der Waals surface area contributed by atoms with Gasteiger partial charge in [0.05, 0.1) is 13.2 Å². The zero-order valence-electron chi connectivity index (χ0n) is 17.5. The maximum absolute atomic E-state index is 12.2. The molecule has 0 saturated heterocycles. The Hall–Kier alpha value is -1.76. The molecule has 7 nitrogen and oxygen atoms in total. The van der Waals surface area contributed by atoms with Crippen LogP contribution in [0.15, 0.2) is 0 Å². The first kappa shape index (κ1) is 25.2. The van der Waals surface area contributed by atoms with Crippen LogP contribution in [0.2, 0.25) is 0 Å². The molecule has 0 bridgehead atoms. The number of rotatable bonds is 14. The third kappa shape index (κ3) is 6.13. The van der Waals surface area contributed by atoms with E-state index in [2.05, 4.69) is 0 Å². The van der Waals surface area contributed by atoms with Gasteiger partial charge in [0.15, 0.2) is 0 Å². The molecule has 27 heavy (non-hydrogen) atoms. The molecule has 0 aromatic carbocycles. The molecule has 0 heterocycles. The monoisotopic (exact) mass is 386 g/mol. The standard InChI is InChI=1S/C20H34O7/c1-7-19(8-2,15(5)21)17(23)26-13-11-25-12-14-27-18(24)20(9-3,10-4)16(6)22/h7-14H2,1-6H3. The first-order valence-corrected chi connectivity index (χ1v) is 9.62. The average molecular weight is 386 g/mol. The molecule has 156 valence electrons. The van der Waals surface area contributed by atoms with E-state index >= 15 is 0 Å². The molecule has 0 amide bonds. The van der Waals surface area contributed by atoms with E-state index in [1.54, 1.807) is 27.7 Å². The van der Waals surface area contributed by atoms with Crippen LogP contribution in [0, 0.1) is 10.8 Å². The summed E-state index contributed by atoms with van der Waals surface area (Å²) in [5.41, 5.74) is -2.18. The zero-order chi connectivity index (χ0) is 21.1. The molecule has 0 aliphatic heterocycles. The van der Waals surface area contributed by atoms with Gasteiger partial charge in [0.1, 0.15) is 35.6 Å². The van der Waals surface area contributed by atoms with E-state index < -0.39 is 22.8 Å². The van der Waals surface area contributed by atoms with Crippen molar-refractivity contribution in [1.82, 2.24) is 0 Å². The maximum atomic E-state index is 12.2. The third-order valence-electron chi connectivity index (χ3n) is 5.47. The van der Waals surface area contributed by atoms with Gasteiger partial charge in [0.25, 0.3) is 0 Å². The number of ether oxygens (including phenoxy) is 3. The molecule has 0 rings (SSSR count). The van der Waals surface area contributed by atoms with Gasteiger partial charge >= 0.3 is 11.9 Å². The Kier molecular flexibility index (Phi) is 11.1. The van der Waals surface area contributed by atoms with Crippen molar-refractivity contribution in [3.05, 3.63) is 0 Å². The SMILES string of the molecule is CCC(CC)(C(C)=O)C(=O)OCCOCCOC(=O)C(CC)(CC)C(C)=O. The predicted molar refractivity (Wildman–Crippen MR) is 100 cm³/mol. The second-order valence-corrected chi connectivity index (χ2v) is 6.58. The number of carbonyl (C=O) groups excluding carboxylic acids is 4. The lowest BCUT2D eigenvalue weighted by Crippen LogP contribution is -2.39. The summed E-state index contributed by atoms with van der Waals surface area (Å²) in [7, 11) is 0. The molecule has 7 heteroatoms. The van der Waals surface area contributed by atoms with Crippen LogP contribution in [0.4, 0.5) is 0 Å². The number of Topliss-reactive ketones (excluding diaryl/α,β-unsaturated/α-hetero) is 2. The molecular weight excluding hydrogens is 352 g/mol. The van der Waals surface area contributed by atoms with Crippen LogP contribution in [0.1, 0.15) is 67.2 Å². The van der Waals surface area contributed by atoms with Gasteiger partial charge in [-0.25, -0.2) is 0 Å². The van der Waals surface area contributed by atoms with Crippen LogP contribution in [-0.4, -0.2) is 49.9 Å². The van der Waals surface area contributed by atoms with Crippen molar-refractivity contribution in [3.8, 4) is 0 Å². The van der Waals surface area contributed by atoms with E-state index in [0.717, 1.165) is 0 Å². The second kappa shape index (κ2) is 11.8. The van der Waals surface area contributed by atoms with E-state index in [1.807, 2.05) is 0 Å². The van der Waals surface area contributed by atoms with Gasteiger partial charge in [-0.2, -0.15) is 0 Å². The van der Waals surface area contributed by atoms with Crippen LogP contribution < -0.4 is 0 Å². The zero-order valence-corrected chi connectivity index (χ0v) is 17.5. The minimum atomic E-state index is -1.09. The van der Waals surface area contributed by atoms with Crippen LogP contribution in [0.25, 0.3) is 0 Å². The maximum Gasteiger partial charge on any atom is 0.319 e. The second-order valence-electron chi connectivity index (χ2n) is 6.58. The molecular formula is C20H34O7. The molecule has 0 fully saturated rings. The Morgan fingerprint density at radius 2 is 0.889 bits per heavy atom. The van der Waals surface area contributed by atoms with Crippen LogP contribution in [0.3, 0.4) is 0 Å². The Balaban J connectivity index is 4.25. The molecule has 0 atom stereocenters. The van der Waals surface area contributed by atoms with Crippen LogP contribution in [0.5, 0.6) is 0 Å². The number of carbonyl (C=O) groups is 4. The van der Waals surface area contributed by atoms with Gasteiger partial charge in [-0.1, -0.05) is 27.7 Å². The fourth-order valence-corrected chi connectivity index (χ4v) is 3.13. The van der Waals surface area contributed by atoms with E-state index in [4.69, 9.17) is 14.2 Å². The highest BCUT2D eigenvalue weighted by Gasteiger charge is 2.42. The Labute approximate surface area is 162 Å². The summed E-state index contributed by atoms with van der Waals surface area (Å²) in [5, 5.41) is 0. The highest BCUT2D eigenvalue weighted by molar-refractivity contribution is 6.03. The van der Waals surface area contributed by atoms with Crippen molar-refractivity contribution in [3.63, 3.8) is 0 Å². The lowest BCUT2D eigenvalue weighted by Gasteiger charge is -2.26. The van der Waals surface area contributed by atoms with Crippen molar-refractivity contribution < 1.29 is 33.4 Å². The summed E-state index contributed by atoms with van der Waals surface area (Å²) in [4.78, 5) is 47.9. The molecule has 0 aliphatic rings. The smallest absolute Gasteiger partial charge is 0.319 e. The first-order chi connectivity index (χ1) is 12.7. The summed E-state index contributed by atoms with van der Waals surface area (Å²) in [6.45, 7) is 10.2. The normalized spacial score (nSPS) is 11.8. The minimum Gasteiger partial charge on any atom is -0.462 e. The van der Waals surface area contributed by atoms with E-state index in [9.17, 15) is 19.2 Å². The molecule has 0 radical (unpaired) electrons. The minimum absolute atomic E-state index is 0.0170. The van der Waals surface area contributed by atoms with E-state index in [1.165, 1.54) is 13.8 Å².